The Bertz CT molecular complexity index is 1310. The molecule has 4 rings (SSSR count). The van der Waals surface area contributed by atoms with Crippen LogP contribution in [0.4, 0.5) is 0 Å². The van der Waals surface area contributed by atoms with Gasteiger partial charge < -0.3 is 10.3 Å². The van der Waals surface area contributed by atoms with E-state index in [2.05, 4.69) is 32.7 Å². The van der Waals surface area contributed by atoms with E-state index in [1.54, 1.807) is 4.57 Å². The highest BCUT2D eigenvalue weighted by atomic mass is 32.2. The zero-order valence-electron chi connectivity index (χ0n) is 20.7. The Morgan fingerprint density at radius 1 is 1.15 bits per heavy atom. The van der Waals surface area contributed by atoms with Gasteiger partial charge in [0.25, 0.3) is 5.56 Å². The van der Waals surface area contributed by atoms with Crippen LogP contribution < -0.4 is 11.3 Å². The highest BCUT2D eigenvalue weighted by molar-refractivity contribution is 7.91. The summed E-state index contributed by atoms with van der Waals surface area (Å²) in [6.07, 6.45) is 2.89. The minimum Gasteiger partial charge on any atom is -0.383 e. The number of amidine groups is 1. The van der Waals surface area contributed by atoms with E-state index in [1.807, 2.05) is 49.5 Å². The van der Waals surface area contributed by atoms with Crippen LogP contribution >= 0.6 is 11.3 Å². The van der Waals surface area contributed by atoms with E-state index in [0.29, 0.717) is 36.0 Å². The van der Waals surface area contributed by atoms with Gasteiger partial charge in [0.15, 0.2) is 0 Å². The number of fused-ring (bicyclic) bond motifs is 1. The van der Waals surface area contributed by atoms with E-state index in [-0.39, 0.29) is 23.1 Å². The van der Waals surface area contributed by atoms with Gasteiger partial charge in [-0.3, -0.25) is 9.79 Å². The zero-order valence-corrected chi connectivity index (χ0v) is 22.3. The largest absolute Gasteiger partial charge is 0.383 e. The third-order valence-corrected chi connectivity index (χ3v) is 8.18. The molecule has 0 spiro atoms. The summed E-state index contributed by atoms with van der Waals surface area (Å²) in [5.41, 5.74) is 8.77. The molecule has 0 atom stereocenters. The number of nitrogens with two attached hydrogens (primary N) is 1. The van der Waals surface area contributed by atoms with E-state index < -0.39 is 9.84 Å². The lowest BCUT2D eigenvalue weighted by Gasteiger charge is -2.18. The summed E-state index contributed by atoms with van der Waals surface area (Å²) >= 11 is 1.46. The fourth-order valence-electron chi connectivity index (χ4n) is 3.63. The number of aliphatic imine (C=N–C) groups is 1. The van der Waals surface area contributed by atoms with Crippen molar-refractivity contribution in [1.82, 2.24) is 4.57 Å². The summed E-state index contributed by atoms with van der Waals surface area (Å²) in [4.78, 5) is 18.2. The predicted molar refractivity (Wildman–Crippen MR) is 145 cm³/mol. The highest BCUT2D eigenvalue weighted by Crippen LogP contribution is 2.33. The van der Waals surface area contributed by atoms with Crippen LogP contribution in [0.1, 0.15) is 52.3 Å². The number of pyridine rings is 1. The molecule has 3 heterocycles. The van der Waals surface area contributed by atoms with Gasteiger partial charge in [-0.25, -0.2) is 8.42 Å². The Morgan fingerprint density at radius 2 is 1.74 bits per heavy atom. The highest BCUT2D eigenvalue weighted by Gasteiger charge is 2.24. The van der Waals surface area contributed by atoms with Gasteiger partial charge in [0.2, 0.25) is 0 Å². The molecule has 0 radical (unpaired) electrons. The first-order chi connectivity index (χ1) is 15.9. The zero-order chi connectivity index (χ0) is 25.1. The maximum Gasteiger partial charge on any atom is 0.259 e. The average Bonchev–Trinajstić information content (AvgIpc) is 3.21. The Balaban J connectivity index is 0.000000588. The van der Waals surface area contributed by atoms with Crippen molar-refractivity contribution in [1.29, 1.82) is 0 Å². The molecular formula is C26H35N3O3S2. The van der Waals surface area contributed by atoms with Crippen LogP contribution in [-0.2, 0) is 16.4 Å². The van der Waals surface area contributed by atoms with Crippen LogP contribution in [0.3, 0.4) is 0 Å². The van der Waals surface area contributed by atoms with Gasteiger partial charge in [0.05, 0.1) is 27.8 Å². The first-order valence-electron chi connectivity index (χ1n) is 11.6. The number of nitrogens with zero attached hydrogens (tertiary/aromatic N) is 2. The summed E-state index contributed by atoms with van der Waals surface area (Å²) in [6, 6.07) is 11.7. The van der Waals surface area contributed by atoms with Crippen molar-refractivity contribution in [3.8, 4) is 11.1 Å². The monoisotopic (exact) mass is 501 g/mol. The fraction of sp³-hybridized carbons (Fsp3) is 0.462. The van der Waals surface area contributed by atoms with E-state index in [1.165, 1.54) is 11.3 Å². The first-order valence-corrected chi connectivity index (χ1v) is 14.3. The van der Waals surface area contributed by atoms with Gasteiger partial charge in [-0.1, -0.05) is 58.0 Å². The van der Waals surface area contributed by atoms with Crippen molar-refractivity contribution in [3.63, 3.8) is 0 Å². The fourth-order valence-corrected chi connectivity index (χ4v) is 6.19. The van der Waals surface area contributed by atoms with Gasteiger partial charge in [-0.2, -0.15) is 0 Å². The molecule has 1 saturated heterocycles. The normalized spacial score (nSPS) is 16.8. The number of thiophene rings is 1. The summed E-state index contributed by atoms with van der Waals surface area (Å²) < 4.78 is 25.9. The van der Waals surface area contributed by atoms with Crippen molar-refractivity contribution in [2.45, 2.75) is 60.0 Å². The second kappa shape index (κ2) is 10.4. The lowest BCUT2D eigenvalue weighted by Crippen LogP contribution is -2.27. The second-order valence-electron chi connectivity index (χ2n) is 10.3. The topological polar surface area (TPSA) is 94.5 Å². The van der Waals surface area contributed by atoms with Crippen LogP contribution in [0, 0.1) is 5.41 Å². The van der Waals surface area contributed by atoms with E-state index in [4.69, 9.17) is 5.73 Å². The van der Waals surface area contributed by atoms with Crippen LogP contribution in [0.2, 0.25) is 0 Å². The van der Waals surface area contributed by atoms with Crippen molar-refractivity contribution >= 4 is 37.1 Å². The Kier molecular flexibility index (Phi) is 8.03. The van der Waals surface area contributed by atoms with Crippen LogP contribution in [-0.4, -0.2) is 36.4 Å². The summed E-state index contributed by atoms with van der Waals surface area (Å²) in [7, 11) is -2.94. The molecule has 0 saturated carbocycles. The molecule has 1 aliphatic heterocycles. The van der Waals surface area contributed by atoms with Crippen LogP contribution in [0.15, 0.2) is 52.4 Å². The molecule has 0 unspecified atom stereocenters. The minimum absolute atomic E-state index is 0.0405. The molecule has 34 heavy (non-hydrogen) atoms. The molecule has 2 N–H and O–H groups in total. The van der Waals surface area contributed by atoms with Gasteiger partial charge in [-0.15, -0.1) is 11.3 Å². The van der Waals surface area contributed by atoms with Gasteiger partial charge >= 0.3 is 0 Å². The SMILES string of the molecule is CC(C)(C)C.CCn1cc(-c2ccccc2)c2sc(C(N)=NC3CCS(=O)(=O)CC3)cc2c1=O. The van der Waals surface area contributed by atoms with E-state index in [0.717, 1.165) is 20.7 Å². The molecular weight excluding hydrogens is 466 g/mol. The molecule has 1 aliphatic rings. The molecule has 184 valence electrons. The molecule has 3 aromatic rings. The maximum absolute atomic E-state index is 12.9. The van der Waals surface area contributed by atoms with Gasteiger partial charge in [-0.05, 0) is 36.8 Å². The first kappa shape index (κ1) is 26.2. The van der Waals surface area contributed by atoms with Crippen molar-refractivity contribution in [2.24, 2.45) is 16.1 Å². The Morgan fingerprint density at radius 3 is 2.29 bits per heavy atom. The Labute approximate surface area is 206 Å². The summed E-state index contributed by atoms with van der Waals surface area (Å²) in [6.45, 7) is 11.3. The second-order valence-corrected chi connectivity index (χ2v) is 13.6. The van der Waals surface area contributed by atoms with E-state index >= 15 is 0 Å². The number of benzene rings is 1. The average molecular weight is 502 g/mol. The summed E-state index contributed by atoms with van der Waals surface area (Å²) in [5.74, 6) is 0.678. The van der Waals surface area contributed by atoms with Crippen molar-refractivity contribution in [2.75, 3.05) is 11.5 Å². The van der Waals surface area contributed by atoms with E-state index in [9.17, 15) is 13.2 Å². The number of aryl methyl sites for hydroxylation is 1. The third-order valence-electron chi connectivity index (χ3n) is 5.28. The van der Waals surface area contributed by atoms with Crippen LogP contribution in [0.5, 0.6) is 0 Å². The number of sulfone groups is 1. The molecule has 2 aromatic heterocycles. The molecule has 6 nitrogen and oxygen atoms in total. The lowest BCUT2D eigenvalue weighted by molar-refractivity contribution is 0.469. The quantitative estimate of drug-likeness (QED) is 0.398. The number of aromatic nitrogens is 1. The standard InChI is InChI=1S/C21H23N3O3S2.C5H12/c1-2-24-13-17(14-6-4-3-5-7-14)19-16(21(24)25)12-18(28-19)20(22)23-15-8-10-29(26,27)11-9-15;1-5(2,3)4/h3-7,12-13,15H,2,8-11H2,1H3,(H2,22,23);1-4H3. The molecule has 1 aromatic carbocycles. The van der Waals surface area contributed by atoms with Gasteiger partial charge in [0, 0.05) is 23.0 Å². The molecule has 8 heteroatoms. The molecule has 0 aliphatic carbocycles. The van der Waals surface area contributed by atoms with Crippen molar-refractivity contribution in [3.05, 3.63) is 57.8 Å². The molecule has 0 amide bonds. The molecule has 0 bridgehead atoms. The predicted octanol–water partition coefficient (Wildman–Crippen LogP) is 5.08. The van der Waals surface area contributed by atoms with Crippen molar-refractivity contribution < 1.29 is 8.42 Å². The lowest BCUT2D eigenvalue weighted by atomic mass is 10.0. The molecule has 1 fully saturated rings. The Hall–Kier alpha value is -2.45. The van der Waals surface area contributed by atoms with Crippen LogP contribution in [0.25, 0.3) is 21.2 Å². The third kappa shape index (κ3) is 6.79. The number of rotatable bonds is 4. The minimum atomic E-state index is -2.94. The number of hydrogen-bond acceptors (Lipinski definition) is 5. The number of hydrogen-bond donors (Lipinski definition) is 1. The maximum atomic E-state index is 12.9. The van der Waals surface area contributed by atoms with Gasteiger partial charge in [0.1, 0.15) is 15.7 Å². The summed E-state index contributed by atoms with van der Waals surface area (Å²) in [5, 5.41) is 0.637. The smallest absolute Gasteiger partial charge is 0.259 e.